The number of fused-ring (bicyclic) bond motifs is 1. The quantitative estimate of drug-likeness (QED) is 0.940. The molecule has 0 spiro atoms. The van der Waals surface area contributed by atoms with Gasteiger partial charge in [-0.25, -0.2) is 0 Å². The summed E-state index contributed by atoms with van der Waals surface area (Å²) in [6.07, 6.45) is 4.12. The molecule has 1 aliphatic rings. The Morgan fingerprint density at radius 3 is 2.74 bits per heavy atom. The number of rotatable bonds is 3. The van der Waals surface area contributed by atoms with Crippen molar-refractivity contribution < 1.29 is 4.79 Å². The molecule has 0 radical (unpaired) electrons. The van der Waals surface area contributed by atoms with Gasteiger partial charge in [0.15, 0.2) is 0 Å². The summed E-state index contributed by atoms with van der Waals surface area (Å²) in [5.41, 5.74) is 11.2. The van der Waals surface area contributed by atoms with Crippen LogP contribution in [0.15, 0.2) is 42.5 Å². The maximum Gasteiger partial charge on any atom is 0.258 e. The molecule has 3 rings (SSSR count). The van der Waals surface area contributed by atoms with Gasteiger partial charge in [0.2, 0.25) is 0 Å². The second kappa shape index (κ2) is 6.97. The number of hydrogen-bond acceptors (Lipinski definition) is 2. The van der Waals surface area contributed by atoms with Crippen LogP contribution in [0.5, 0.6) is 0 Å². The highest BCUT2D eigenvalue weighted by atomic mass is 16.2. The van der Waals surface area contributed by atoms with Gasteiger partial charge in [0, 0.05) is 24.3 Å². The molecule has 120 valence electrons. The van der Waals surface area contributed by atoms with E-state index in [1.807, 2.05) is 29.2 Å². The van der Waals surface area contributed by atoms with Crippen LogP contribution in [0.25, 0.3) is 0 Å². The normalized spacial score (nSPS) is 14.3. The molecule has 1 aliphatic heterocycles. The second-order valence-electron chi connectivity index (χ2n) is 6.08. The topological polar surface area (TPSA) is 46.3 Å². The van der Waals surface area contributed by atoms with Crippen LogP contribution in [-0.2, 0) is 19.4 Å². The molecular formula is C20H24N2O. The molecule has 3 heteroatoms. The zero-order valence-electron chi connectivity index (χ0n) is 13.7. The molecular weight excluding hydrogens is 284 g/mol. The molecule has 23 heavy (non-hydrogen) atoms. The summed E-state index contributed by atoms with van der Waals surface area (Å²) in [6.45, 7) is 3.41. The minimum atomic E-state index is 0.0950. The van der Waals surface area contributed by atoms with Crippen molar-refractivity contribution in [2.24, 2.45) is 5.73 Å². The maximum absolute atomic E-state index is 13.1. The van der Waals surface area contributed by atoms with Crippen molar-refractivity contribution in [1.82, 2.24) is 0 Å². The number of amides is 1. The summed E-state index contributed by atoms with van der Waals surface area (Å²) in [4.78, 5) is 15.0. The lowest BCUT2D eigenvalue weighted by atomic mass is 10.0. The van der Waals surface area contributed by atoms with Crippen molar-refractivity contribution in [3.8, 4) is 0 Å². The Labute approximate surface area is 138 Å². The fourth-order valence-electron chi connectivity index (χ4n) is 3.35. The van der Waals surface area contributed by atoms with E-state index in [1.54, 1.807) is 0 Å². The Morgan fingerprint density at radius 2 is 1.96 bits per heavy atom. The van der Waals surface area contributed by atoms with Crippen LogP contribution < -0.4 is 10.6 Å². The summed E-state index contributed by atoms with van der Waals surface area (Å²) in [6, 6.07) is 14.2. The number of hydrogen-bond donors (Lipinski definition) is 1. The van der Waals surface area contributed by atoms with Gasteiger partial charge in [0.1, 0.15) is 0 Å². The van der Waals surface area contributed by atoms with E-state index in [-0.39, 0.29) is 5.91 Å². The SMILES string of the molecule is CCc1cc(C(=O)N2CCCCc3ccccc32)ccc1CN. The second-order valence-corrected chi connectivity index (χ2v) is 6.08. The van der Waals surface area contributed by atoms with Crippen LogP contribution in [0.2, 0.25) is 0 Å². The summed E-state index contributed by atoms with van der Waals surface area (Å²) in [5.74, 6) is 0.0950. The first kappa shape index (κ1) is 15.8. The molecule has 0 fully saturated rings. The Kier molecular flexibility index (Phi) is 4.77. The Bertz CT molecular complexity index is 709. The molecule has 2 aromatic carbocycles. The van der Waals surface area contributed by atoms with Crippen molar-refractivity contribution in [1.29, 1.82) is 0 Å². The molecule has 1 amide bonds. The third-order valence-electron chi connectivity index (χ3n) is 4.66. The van der Waals surface area contributed by atoms with E-state index >= 15 is 0 Å². The molecule has 0 bridgehead atoms. The number of benzene rings is 2. The number of anilines is 1. The van der Waals surface area contributed by atoms with E-state index in [1.165, 1.54) is 11.1 Å². The van der Waals surface area contributed by atoms with Crippen LogP contribution in [-0.4, -0.2) is 12.5 Å². The molecule has 1 heterocycles. The summed E-state index contributed by atoms with van der Waals surface area (Å²) >= 11 is 0. The largest absolute Gasteiger partial charge is 0.326 e. The van der Waals surface area contributed by atoms with Gasteiger partial charge in [-0.15, -0.1) is 0 Å². The van der Waals surface area contributed by atoms with Gasteiger partial charge in [-0.05, 0) is 60.6 Å². The fourth-order valence-corrected chi connectivity index (χ4v) is 3.35. The molecule has 0 aliphatic carbocycles. The van der Waals surface area contributed by atoms with Gasteiger partial charge in [0.25, 0.3) is 5.91 Å². The first-order valence-electron chi connectivity index (χ1n) is 8.46. The fraction of sp³-hybridized carbons (Fsp3) is 0.350. The monoisotopic (exact) mass is 308 g/mol. The summed E-state index contributed by atoms with van der Waals surface area (Å²) in [5, 5.41) is 0. The van der Waals surface area contributed by atoms with E-state index in [9.17, 15) is 4.79 Å². The zero-order valence-corrected chi connectivity index (χ0v) is 13.7. The average molecular weight is 308 g/mol. The molecule has 0 saturated carbocycles. The van der Waals surface area contributed by atoms with E-state index < -0.39 is 0 Å². The number of carbonyl (C=O) groups is 1. The van der Waals surface area contributed by atoms with Gasteiger partial charge in [-0.2, -0.15) is 0 Å². The average Bonchev–Trinajstić information content (AvgIpc) is 2.83. The number of aryl methyl sites for hydroxylation is 2. The number of nitrogens with two attached hydrogens (primary N) is 1. The molecule has 0 unspecified atom stereocenters. The summed E-state index contributed by atoms with van der Waals surface area (Å²) < 4.78 is 0. The van der Waals surface area contributed by atoms with Crippen LogP contribution in [0.4, 0.5) is 5.69 Å². The lowest BCUT2D eigenvalue weighted by Gasteiger charge is -2.23. The highest BCUT2D eigenvalue weighted by Gasteiger charge is 2.22. The molecule has 0 aromatic heterocycles. The minimum absolute atomic E-state index is 0.0950. The standard InChI is InChI=1S/C20H24N2O/c1-2-15-13-17(10-11-18(15)14-21)20(23)22-12-6-5-8-16-7-3-4-9-19(16)22/h3-4,7,9-11,13H,2,5-6,8,12,14,21H2,1H3. The van der Waals surface area contributed by atoms with Gasteiger partial charge < -0.3 is 10.6 Å². The number of carbonyl (C=O) groups excluding carboxylic acids is 1. The van der Waals surface area contributed by atoms with Crippen molar-refractivity contribution in [3.05, 3.63) is 64.7 Å². The van der Waals surface area contributed by atoms with E-state index in [0.717, 1.165) is 49.0 Å². The van der Waals surface area contributed by atoms with Crippen molar-refractivity contribution in [2.45, 2.75) is 39.2 Å². The van der Waals surface area contributed by atoms with Crippen LogP contribution in [0, 0.1) is 0 Å². The molecule has 3 nitrogen and oxygen atoms in total. The molecule has 2 N–H and O–H groups in total. The van der Waals surface area contributed by atoms with Crippen LogP contribution >= 0.6 is 0 Å². The Morgan fingerprint density at radius 1 is 1.13 bits per heavy atom. The third-order valence-corrected chi connectivity index (χ3v) is 4.66. The predicted molar refractivity (Wildman–Crippen MR) is 94.8 cm³/mol. The predicted octanol–water partition coefficient (Wildman–Crippen LogP) is 3.69. The highest BCUT2D eigenvalue weighted by molar-refractivity contribution is 6.06. The smallest absolute Gasteiger partial charge is 0.258 e. The van der Waals surface area contributed by atoms with Crippen molar-refractivity contribution in [2.75, 3.05) is 11.4 Å². The Balaban J connectivity index is 1.97. The van der Waals surface area contributed by atoms with Gasteiger partial charge >= 0.3 is 0 Å². The van der Waals surface area contributed by atoms with Crippen molar-refractivity contribution >= 4 is 11.6 Å². The minimum Gasteiger partial charge on any atom is -0.326 e. The molecule has 0 atom stereocenters. The van der Waals surface area contributed by atoms with E-state index in [0.29, 0.717) is 6.54 Å². The van der Waals surface area contributed by atoms with E-state index in [2.05, 4.69) is 25.1 Å². The lowest BCUT2D eigenvalue weighted by Crippen LogP contribution is -2.31. The maximum atomic E-state index is 13.1. The first-order chi connectivity index (χ1) is 11.2. The lowest BCUT2D eigenvalue weighted by molar-refractivity contribution is 0.0987. The third kappa shape index (κ3) is 3.15. The van der Waals surface area contributed by atoms with Crippen LogP contribution in [0.3, 0.4) is 0 Å². The van der Waals surface area contributed by atoms with Gasteiger partial charge in [-0.1, -0.05) is 31.2 Å². The molecule has 2 aromatic rings. The van der Waals surface area contributed by atoms with Gasteiger partial charge in [0.05, 0.1) is 0 Å². The van der Waals surface area contributed by atoms with E-state index in [4.69, 9.17) is 5.73 Å². The van der Waals surface area contributed by atoms with Gasteiger partial charge in [-0.3, -0.25) is 4.79 Å². The summed E-state index contributed by atoms with van der Waals surface area (Å²) in [7, 11) is 0. The molecule has 0 saturated heterocycles. The van der Waals surface area contributed by atoms with Crippen LogP contribution in [0.1, 0.15) is 46.8 Å². The first-order valence-corrected chi connectivity index (χ1v) is 8.46. The number of para-hydroxylation sites is 1. The number of nitrogens with zero attached hydrogens (tertiary/aromatic N) is 1. The Hall–Kier alpha value is -2.13. The highest BCUT2D eigenvalue weighted by Crippen LogP contribution is 2.28. The van der Waals surface area contributed by atoms with Crippen molar-refractivity contribution in [3.63, 3.8) is 0 Å². The zero-order chi connectivity index (χ0) is 16.2.